The van der Waals surface area contributed by atoms with Crippen molar-refractivity contribution < 1.29 is 18.6 Å². The normalized spacial score (nSPS) is 19.6. The lowest BCUT2D eigenvalue weighted by Crippen LogP contribution is -2.43. The lowest BCUT2D eigenvalue weighted by Gasteiger charge is -2.30. The molecule has 0 radical (unpaired) electrons. The molecule has 0 aliphatic carbocycles. The maximum absolute atomic E-state index is 14.9. The number of ether oxygens (including phenoxy) is 1. The number of fused-ring (bicyclic) bond motifs is 3. The first-order valence-corrected chi connectivity index (χ1v) is 15.2. The van der Waals surface area contributed by atoms with Gasteiger partial charge < -0.3 is 14.7 Å². The van der Waals surface area contributed by atoms with Gasteiger partial charge in [-0.05, 0) is 61.0 Å². The fourth-order valence-electron chi connectivity index (χ4n) is 6.96. The van der Waals surface area contributed by atoms with Crippen molar-refractivity contribution in [3.05, 3.63) is 83.8 Å². The molecule has 1 N–H and O–H groups in total. The molecule has 5 aromatic rings. The number of terminal acetylenes is 1. The van der Waals surface area contributed by atoms with Crippen LogP contribution in [0.5, 0.6) is 11.8 Å². The van der Waals surface area contributed by atoms with Gasteiger partial charge in [-0.15, -0.1) is 6.42 Å². The summed E-state index contributed by atoms with van der Waals surface area (Å²) in [5, 5.41) is 12.4. The smallest absolute Gasteiger partial charge is 0.316 e. The van der Waals surface area contributed by atoms with Crippen LogP contribution in [0.25, 0.3) is 32.9 Å². The van der Waals surface area contributed by atoms with E-state index in [4.69, 9.17) is 21.1 Å². The Kier molecular flexibility index (Phi) is 7.46. The lowest BCUT2D eigenvalue weighted by atomic mass is 9.95. The SMILES string of the molecule is C#Cc1c(F)ccc2cc(O)cc(-c3cc4nc(OC[C@@]56CCCN5C[C@H](F)C6)ncc4c(N(C)CCc4ccccc4)n3)c12. The lowest BCUT2D eigenvalue weighted by molar-refractivity contribution is 0.107. The Morgan fingerprint density at radius 1 is 1.16 bits per heavy atom. The zero-order valence-electron chi connectivity index (χ0n) is 25.0. The Labute approximate surface area is 260 Å². The summed E-state index contributed by atoms with van der Waals surface area (Å²) in [6.45, 7) is 2.27. The highest BCUT2D eigenvalue weighted by Gasteiger charge is 2.49. The molecule has 2 aromatic heterocycles. The first kappa shape index (κ1) is 28.9. The van der Waals surface area contributed by atoms with E-state index in [1.807, 2.05) is 30.1 Å². The fraction of sp³-hybridized carbons (Fsp3) is 0.306. The third-order valence-corrected chi connectivity index (χ3v) is 9.18. The number of alkyl halides is 1. The molecule has 228 valence electrons. The maximum Gasteiger partial charge on any atom is 0.316 e. The highest BCUT2D eigenvalue weighted by molar-refractivity contribution is 6.03. The van der Waals surface area contributed by atoms with Gasteiger partial charge in [-0.2, -0.15) is 4.98 Å². The number of benzene rings is 3. The zero-order valence-corrected chi connectivity index (χ0v) is 25.0. The summed E-state index contributed by atoms with van der Waals surface area (Å²) in [7, 11) is 1.95. The molecule has 7 nitrogen and oxygen atoms in total. The molecular weight excluding hydrogens is 572 g/mol. The van der Waals surface area contributed by atoms with E-state index < -0.39 is 12.0 Å². The number of rotatable bonds is 8. The Morgan fingerprint density at radius 2 is 2.00 bits per heavy atom. The van der Waals surface area contributed by atoms with Gasteiger partial charge >= 0.3 is 6.01 Å². The Bertz CT molecular complexity index is 1950. The van der Waals surface area contributed by atoms with Gasteiger partial charge in [-0.1, -0.05) is 42.3 Å². The van der Waals surface area contributed by atoms with Crippen molar-refractivity contribution in [2.45, 2.75) is 37.4 Å². The van der Waals surface area contributed by atoms with E-state index in [9.17, 15) is 13.9 Å². The van der Waals surface area contributed by atoms with Crippen molar-refractivity contribution in [2.75, 3.05) is 38.2 Å². The summed E-state index contributed by atoms with van der Waals surface area (Å²) >= 11 is 0. The van der Waals surface area contributed by atoms with Gasteiger partial charge in [0.25, 0.3) is 0 Å². The molecule has 2 aliphatic rings. The Hall–Kier alpha value is -4.81. The van der Waals surface area contributed by atoms with Crippen LogP contribution in [0.15, 0.2) is 66.9 Å². The number of anilines is 1. The minimum absolute atomic E-state index is 0.00257. The second-order valence-corrected chi connectivity index (χ2v) is 12.1. The predicted molar refractivity (Wildman–Crippen MR) is 172 cm³/mol. The topological polar surface area (TPSA) is 74.6 Å². The second kappa shape index (κ2) is 11.6. The van der Waals surface area contributed by atoms with Crippen molar-refractivity contribution >= 4 is 27.5 Å². The third-order valence-electron chi connectivity index (χ3n) is 9.18. The summed E-state index contributed by atoms with van der Waals surface area (Å²) in [4.78, 5) is 18.6. The molecule has 2 aliphatic heterocycles. The van der Waals surface area contributed by atoms with E-state index in [1.54, 1.807) is 30.5 Å². The van der Waals surface area contributed by atoms with Crippen molar-refractivity contribution in [2.24, 2.45) is 0 Å². The van der Waals surface area contributed by atoms with E-state index in [0.717, 1.165) is 25.8 Å². The molecule has 2 saturated heterocycles. The highest BCUT2D eigenvalue weighted by atomic mass is 19.1. The molecule has 0 unspecified atom stereocenters. The van der Waals surface area contributed by atoms with Gasteiger partial charge in [-0.3, -0.25) is 4.90 Å². The molecule has 0 amide bonds. The van der Waals surface area contributed by atoms with Gasteiger partial charge in [0.05, 0.1) is 27.7 Å². The zero-order chi connectivity index (χ0) is 31.1. The minimum atomic E-state index is -0.858. The van der Waals surface area contributed by atoms with Crippen LogP contribution in [0.1, 0.15) is 30.4 Å². The number of hydrogen-bond acceptors (Lipinski definition) is 7. The van der Waals surface area contributed by atoms with E-state index in [0.29, 0.717) is 64.9 Å². The van der Waals surface area contributed by atoms with Gasteiger partial charge in [0.15, 0.2) is 0 Å². The number of hydrogen-bond donors (Lipinski definition) is 1. The van der Waals surface area contributed by atoms with Crippen LogP contribution in [0.3, 0.4) is 0 Å². The number of aromatic nitrogens is 3. The van der Waals surface area contributed by atoms with Gasteiger partial charge in [0.1, 0.15) is 30.2 Å². The molecular formula is C36H33F2N5O2. The number of pyridine rings is 1. The van der Waals surface area contributed by atoms with E-state index in [1.165, 1.54) is 11.6 Å². The standard InChI is InChI=1S/C36H33F2N5O2/c1-3-27-30(38)11-10-24-16-26(44)17-28(33(24)27)31-18-32-29(34(40-31)42(2)15-12-23-8-5-4-6-9-23)20-39-35(41-32)45-22-36-13-7-14-43(36)21-25(37)19-36/h1,4-6,8-11,16-18,20,25,44H,7,12-15,19,21-22H2,2H3/t25-,36+/m1/s1. The summed E-state index contributed by atoms with van der Waals surface area (Å²) in [5.74, 6) is 2.58. The molecule has 45 heavy (non-hydrogen) atoms. The third kappa shape index (κ3) is 5.40. The monoisotopic (exact) mass is 605 g/mol. The van der Waals surface area contributed by atoms with Crippen molar-refractivity contribution in [1.29, 1.82) is 0 Å². The number of phenolic OH excluding ortho intramolecular Hbond substituents is 1. The number of likely N-dealkylation sites (N-methyl/N-ethyl adjacent to an activating group) is 1. The second-order valence-electron chi connectivity index (χ2n) is 12.1. The first-order valence-electron chi connectivity index (χ1n) is 15.2. The Morgan fingerprint density at radius 3 is 2.82 bits per heavy atom. The van der Waals surface area contributed by atoms with E-state index in [-0.39, 0.29) is 22.9 Å². The summed E-state index contributed by atoms with van der Waals surface area (Å²) in [6, 6.07) is 18.1. The number of nitrogens with zero attached hydrogens (tertiary/aromatic N) is 5. The van der Waals surface area contributed by atoms with Crippen molar-refractivity contribution in [3.8, 4) is 35.4 Å². The van der Waals surface area contributed by atoms with Crippen LogP contribution in [0.2, 0.25) is 0 Å². The quantitative estimate of drug-likeness (QED) is 0.208. The number of phenols is 1. The first-order chi connectivity index (χ1) is 21.8. The van der Waals surface area contributed by atoms with Crippen LogP contribution < -0.4 is 9.64 Å². The van der Waals surface area contributed by atoms with Crippen LogP contribution in [0, 0.1) is 18.2 Å². The number of halogens is 2. The molecule has 9 heteroatoms. The van der Waals surface area contributed by atoms with Gasteiger partial charge in [0, 0.05) is 43.7 Å². The van der Waals surface area contributed by atoms with Gasteiger partial charge in [0.2, 0.25) is 0 Å². The average Bonchev–Trinajstić information content (AvgIpc) is 3.57. The summed E-state index contributed by atoms with van der Waals surface area (Å²) in [6.07, 6.45) is 9.74. The fourth-order valence-corrected chi connectivity index (χ4v) is 6.96. The largest absolute Gasteiger partial charge is 0.508 e. The Balaban J connectivity index is 1.32. The average molecular weight is 606 g/mol. The molecule has 2 atom stereocenters. The minimum Gasteiger partial charge on any atom is -0.508 e. The van der Waals surface area contributed by atoms with Crippen molar-refractivity contribution in [3.63, 3.8) is 0 Å². The number of aromatic hydroxyl groups is 1. The maximum atomic E-state index is 14.9. The molecule has 0 bridgehead atoms. The summed E-state index contributed by atoms with van der Waals surface area (Å²) in [5.41, 5.74) is 2.47. The molecule has 3 aromatic carbocycles. The predicted octanol–water partition coefficient (Wildman–Crippen LogP) is 6.31. The molecule has 4 heterocycles. The highest BCUT2D eigenvalue weighted by Crippen LogP contribution is 2.41. The van der Waals surface area contributed by atoms with Crippen LogP contribution in [-0.2, 0) is 6.42 Å². The van der Waals surface area contributed by atoms with Gasteiger partial charge in [-0.25, -0.2) is 18.7 Å². The van der Waals surface area contributed by atoms with E-state index >= 15 is 0 Å². The van der Waals surface area contributed by atoms with Crippen molar-refractivity contribution in [1.82, 2.24) is 19.9 Å². The molecule has 7 rings (SSSR count). The van der Waals surface area contributed by atoms with E-state index in [2.05, 4.69) is 27.9 Å². The van der Waals surface area contributed by atoms with Crippen LogP contribution in [-0.4, -0.2) is 70.0 Å². The summed E-state index contributed by atoms with van der Waals surface area (Å²) < 4.78 is 35.4. The van der Waals surface area contributed by atoms with Crippen LogP contribution >= 0.6 is 0 Å². The van der Waals surface area contributed by atoms with Crippen LogP contribution in [0.4, 0.5) is 14.6 Å². The molecule has 2 fully saturated rings. The molecule has 0 saturated carbocycles. The molecule has 0 spiro atoms.